The second-order valence-electron chi connectivity index (χ2n) is 19.7. The van der Waals surface area contributed by atoms with E-state index >= 15 is 0 Å². The second kappa shape index (κ2) is 46.4. The number of amides is 1. The van der Waals surface area contributed by atoms with Crippen molar-refractivity contribution >= 4 is 5.91 Å². The lowest BCUT2D eigenvalue weighted by atomic mass is 9.99. The van der Waals surface area contributed by atoms with Crippen molar-refractivity contribution < 1.29 is 39.8 Å². The normalized spacial score (nSPS) is 20.0. The van der Waals surface area contributed by atoms with E-state index in [-0.39, 0.29) is 12.5 Å². The molecule has 1 heterocycles. The predicted molar refractivity (Wildman–Crippen MR) is 272 cm³/mol. The number of ether oxygens (including phenoxy) is 2. The van der Waals surface area contributed by atoms with Crippen LogP contribution < -0.4 is 5.32 Å². The van der Waals surface area contributed by atoms with Crippen LogP contribution in [0, 0.1) is 0 Å². The Balaban J connectivity index is 2.05. The monoisotopic (exact) mass is 922 g/mol. The summed E-state index contributed by atoms with van der Waals surface area (Å²) in [6, 6.07) is -0.713. The molecule has 1 fully saturated rings. The number of aliphatic hydroxyl groups excluding tert-OH is 5. The van der Waals surface area contributed by atoms with Gasteiger partial charge in [0.1, 0.15) is 24.4 Å². The lowest BCUT2D eigenvalue weighted by molar-refractivity contribution is -0.302. The largest absolute Gasteiger partial charge is 0.394 e. The molecular formula is C56H107NO8. The Hall–Kier alpha value is -1.33. The van der Waals surface area contributed by atoms with Crippen LogP contribution in [0.25, 0.3) is 0 Å². The summed E-state index contributed by atoms with van der Waals surface area (Å²) >= 11 is 0. The Kier molecular flexibility index (Phi) is 44.0. The number of aliphatic hydroxyl groups is 5. The maximum absolute atomic E-state index is 13.0. The number of carbonyl (C=O) groups is 1. The molecule has 1 aliphatic rings. The highest BCUT2D eigenvalue weighted by Crippen LogP contribution is 2.23. The molecule has 384 valence electrons. The first-order valence-electron chi connectivity index (χ1n) is 28.0. The van der Waals surface area contributed by atoms with Gasteiger partial charge in [-0.2, -0.15) is 0 Å². The molecule has 7 unspecified atom stereocenters. The molecule has 6 N–H and O–H groups in total. The SMILES string of the molecule is CCCCCCC/C=C\C/C=C\CCCCCCCCCCCCCCCCCCCCCCCC(=O)NC(COC1OC(CO)C(O)C(O)C1O)C(O)CCCCCCCCCCC. The van der Waals surface area contributed by atoms with Crippen molar-refractivity contribution in [2.75, 3.05) is 13.2 Å². The van der Waals surface area contributed by atoms with Gasteiger partial charge in [0.25, 0.3) is 0 Å². The van der Waals surface area contributed by atoms with Crippen LogP contribution in [0.3, 0.4) is 0 Å². The molecule has 9 heteroatoms. The van der Waals surface area contributed by atoms with E-state index in [0.717, 1.165) is 44.9 Å². The van der Waals surface area contributed by atoms with Crippen molar-refractivity contribution in [3.8, 4) is 0 Å². The van der Waals surface area contributed by atoms with Gasteiger partial charge in [0.15, 0.2) is 6.29 Å². The summed E-state index contributed by atoms with van der Waals surface area (Å²) in [5.74, 6) is -0.142. The van der Waals surface area contributed by atoms with Crippen LogP contribution in [0.2, 0.25) is 0 Å². The summed E-state index contributed by atoms with van der Waals surface area (Å²) in [7, 11) is 0. The molecule has 1 saturated heterocycles. The molecule has 1 amide bonds. The highest BCUT2D eigenvalue weighted by molar-refractivity contribution is 5.76. The van der Waals surface area contributed by atoms with Crippen LogP contribution in [-0.4, -0.2) is 87.5 Å². The van der Waals surface area contributed by atoms with Gasteiger partial charge >= 0.3 is 0 Å². The number of allylic oxidation sites excluding steroid dienone is 4. The topological polar surface area (TPSA) is 149 Å². The number of rotatable bonds is 48. The number of unbranched alkanes of at least 4 members (excludes halogenated alkanes) is 34. The van der Waals surface area contributed by atoms with Gasteiger partial charge in [0.05, 0.1) is 25.4 Å². The molecule has 0 saturated carbocycles. The van der Waals surface area contributed by atoms with Gasteiger partial charge in [-0.15, -0.1) is 0 Å². The van der Waals surface area contributed by atoms with Crippen molar-refractivity contribution in [1.29, 1.82) is 0 Å². The number of hydrogen-bond acceptors (Lipinski definition) is 8. The Bertz CT molecular complexity index is 1070. The van der Waals surface area contributed by atoms with Gasteiger partial charge in [-0.25, -0.2) is 0 Å². The average Bonchev–Trinajstić information content (AvgIpc) is 3.31. The van der Waals surface area contributed by atoms with Crippen molar-refractivity contribution in [1.82, 2.24) is 5.32 Å². The molecule has 1 rings (SSSR count). The highest BCUT2D eigenvalue weighted by atomic mass is 16.7. The van der Waals surface area contributed by atoms with Gasteiger partial charge < -0.3 is 40.3 Å². The van der Waals surface area contributed by atoms with Crippen LogP contribution in [0.15, 0.2) is 24.3 Å². The third-order valence-electron chi connectivity index (χ3n) is 13.6. The van der Waals surface area contributed by atoms with Crippen molar-refractivity contribution in [2.45, 2.75) is 314 Å². The summed E-state index contributed by atoms with van der Waals surface area (Å²) in [6.45, 7) is 3.81. The molecule has 0 spiro atoms. The van der Waals surface area contributed by atoms with Crippen molar-refractivity contribution in [2.24, 2.45) is 0 Å². The Morgan fingerprint density at radius 1 is 0.523 bits per heavy atom. The van der Waals surface area contributed by atoms with E-state index in [1.54, 1.807) is 0 Å². The number of hydrogen-bond donors (Lipinski definition) is 6. The fraction of sp³-hybridized carbons (Fsp3) is 0.911. The van der Waals surface area contributed by atoms with Crippen molar-refractivity contribution in [3.05, 3.63) is 24.3 Å². The van der Waals surface area contributed by atoms with E-state index in [0.29, 0.717) is 12.8 Å². The quantitative estimate of drug-likeness (QED) is 0.0261. The summed E-state index contributed by atoms with van der Waals surface area (Å²) < 4.78 is 11.3. The lowest BCUT2D eigenvalue weighted by Crippen LogP contribution is -2.60. The summed E-state index contributed by atoms with van der Waals surface area (Å²) in [4.78, 5) is 13.0. The minimum atomic E-state index is -1.55. The lowest BCUT2D eigenvalue weighted by Gasteiger charge is -2.40. The summed E-state index contributed by atoms with van der Waals surface area (Å²) in [5.41, 5.74) is 0. The average molecular weight is 922 g/mol. The maximum Gasteiger partial charge on any atom is 0.220 e. The molecule has 65 heavy (non-hydrogen) atoms. The third kappa shape index (κ3) is 36.3. The van der Waals surface area contributed by atoms with E-state index in [1.807, 2.05) is 0 Å². The molecule has 0 aromatic carbocycles. The Labute approximate surface area is 400 Å². The minimum absolute atomic E-state index is 0.134. The van der Waals surface area contributed by atoms with E-state index in [1.165, 1.54) is 199 Å². The molecule has 0 radical (unpaired) electrons. The predicted octanol–water partition coefficient (Wildman–Crippen LogP) is 13.4. The van der Waals surface area contributed by atoms with Gasteiger partial charge in [0.2, 0.25) is 5.91 Å². The van der Waals surface area contributed by atoms with E-state index in [2.05, 4.69) is 43.5 Å². The van der Waals surface area contributed by atoms with E-state index < -0.39 is 49.5 Å². The van der Waals surface area contributed by atoms with Crippen molar-refractivity contribution in [3.63, 3.8) is 0 Å². The van der Waals surface area contributed by atoms with E-state index in [4.69, 9.17) is 9.47 Å². The Morgan fingerprint density at radius 3 is 1.32 bits per heavy atom. The van der Waals surface area contributed by atoms with Gasteiger partial charge in [-0.05, 0) is 44.9 Å². The molecule has 0 aromatic heterocycles. The molecular weight excluding hydrogens is 815 g/mol. The zero-order valence-electron chi connectivity index (χ0n) is 42.5. The molecule has 0 bridgehead atoms. The second-order valence-corrected chi connectivity index (χ2v) is 19.7. The first-order chi connectivity index (χ1) is 31.8. The first kappa shape index (κ1) is 61.7. The Morgan fingerprint density at radius 2 is 0.908 bits per heavy atom. The van der Waals surface area contributed by atoms with E-state index in [9.17, 15) is 30.3 Å². The minimum Gasteiger partial charge on any atom is -0.394 e. The molecule has 7 atom stereocenters. The standard InChI is InChI=1S/C56H107NO8/c1-3-5-7-9-11-13-14-15-16-17-18-19-20-21-22-23-24-25-26-27-28-29-30-31-32-33-34-35-36-38-40-42-44-46-52(60)57-49(50(59)45-43-41-39-37-12-10-8-6-4-2)48-64-56-55(63)54(62)53(61)51(47-58)65-56/h14-15,17-18,49-51,53-56,58-59,61-63H,3-13,16,19-48H2,1-2H3,(H,57,60)/b15-14-,18-17-. The fourth-order valence-corrected chi connectivity index (χ4v) is 9.08. The molecule has 9 nitrogen and oxygen atoms in total. The van der Waals surface area contributed by atoms with Crippen LogP contribution >= 0.6 is 0 Å². The van der Waals surface area contributed by atoms with Crippen LogP contribution in [0.1, 0.15) is 271 Å². The van der Waals surface area contributed by atoms with Crippen LogP contribution in [0.4, 0.5) is 0 Å². The van der Waals surface area contributed by atoms with Crippen LogP contribution in [0.5, 0.6) is 0 Å². The van der Waals surface area contributed by atoms with Gasteiger partial charge in [-0.1, -0.05) is 244 Å². The molecule has 0 aromatic rings. The van der Waals surface area contributed by atoms with Crippen LogP contribution in [-0.2, 0) is 14.3 Å². The summed E-state index contributed by atoms with van der Waals surface area (Å²) in [5, 5.41) is 54.3. The number of carbonyl (C=O) groups excluding carboxylic acids is 1. The van der Waals surface area contributed by atoms with Gasteiger partial charge in [-0.3, -0.25) is 4.79 Å². The zero-order chi connectivity index (χ0) is 47.3. The number of nitrogens with one attached hydrogen (secondary N) is 1. The fourth-order valence-electron chi connectivity index (χ4n) is 9.08. The zero-order valence-corrected chi connectivity index (χ0v) is 42.5. The first-order valence-corrected chi connectivity index (χ1v) is 28.0. The molecule has 1 aliphatic heterocycles. The summed E-state index contributed by atoms with van der Waals surface area (Å²) in [6.07, 6.45) is 51.0. The van der Waals surface area contributed by atoms with Gasteiger partial charge in [0, 0.05) is 6.42 Å². The third-order valence-corrected chi connectivity index (χ3v) is 13.6. The highest BCUT2D eigenvalue weighted by Gasteiger charge is 2.44. The molecule has 0 aliphatic carbocycles. The smallest absolute Gasteiger partial charge is 0.220 e. The maximum atomic E-state index is 13.0.